The van der Waals surface area contributed by atoms with Gasteiger partial charge in [-0.05, 0) is 63.9 Å². The molecular formula is C25H34FN3O4S. The van der Waals surface area contributed by atoms with Crippen LogP contribution in [0.25, 0.3) is 0 Å². The van der Waals surface area contributed by atoms with Crippen molar-refractivity contribution in [2.75, 3.05) is 17.1 Å². The predicted molar refractivity (Wildman–Crippen MR) is 132 cm³/mol. The normalized spacial score (nSPS) is 12.3. The van der Waals surface area contributed by atoms with E-state index in [0.717, 1.165) is 11.8 Å². The summed E-state index contributed by atoms with van der Waals surface area (Å²) in [5.74, 6) is -0.958. The predicted octanol–water partition coefficient (Wildman–Crippen LogP) is 3.62. The Morgan fingerprint density at radius 2 is 1.59 bits per heavy atom. The van der Waals surface area contributed by atoms with Gasteiger partial charge in [-0.3, -0.25) is 13.9 Å². The lowest BCUT2D eigenvalue weighted by Gasteiger charge is -2.30. The number of sulfonamides is 1. The first-order chi connectivity index (χ1) is 15.9. The first-order valence-corrected chi connectivity index (χ1v) is 13.1. The van der Waals surface area contributed by atoms with E-state index in [0.29, 0.717) is 11.3 Å². The summed E-state index contributed by atoms with van der Waals surface area (Å²) < 4.78 is 39.3. The van der Waals surface area contributed by atoms with E-state index in [1.165, 1.54) is 21.3 Å². The maximum absolute atomic E-state index is 13.3. The first-order valence-electron chi connectivity index (χ1n) is 11.3. The average Bonchev–Trinajstić information content (AvgIpc) is 2.75. The van der Waals surface area contributed by atoms with Gasteiger partial charge in [-0.15, -0.1) is 0 Å². The highest BCUT2D eigenvalue weighted by Gasteiger charge is 2.27. The molecule has 9 heteroatoms. The van der Waals surface area contributed by atoms with Gasteiger partial charge in [0.15, 0.2) is 0 Å². The molecule has 1 unspecified atom stereocenters. The zero-order valence-corrected chi connectivity index (χ0v) is 21.2. The fraction of sp³-hybridized carbons (Fsp3) is 0.440. The van der Waals surface area contributed by atoms with Crippen LogP contribution in [0.2, 0.25) is 0 Å². The molecule has 0 saturated carbocycles. The van der Waals surface area contributed by atoms with Crippen LogP contribution in [0.15, 0.2) is 48.5 Å². The Morgan fingerprint density at radius 3 is 2.12 bits per heavy atom. The van der Waals surface area contributed by atoms with E-state index in [9.17, 15) is 22.4 Å². The lowest BCUT2D eigenvalue weighted by atomic mass is 10.1. The molecule has 7 nitrogen and oxygen atoms in total. The van der Waals surface area contributed by atoms with Gasteiger partial charge < -0.3 is 10.2 Å². The van der Waals surface area contributed by atoms with Crippen molar-refractivity contribution >= 4 is 27.5 Å². The van der Waals surface area contributed by atoms with Crippen LogP contribution in [0, 0.1) is 12.7 Å². The van der Waals surface area contributed by atoms with Crippen LogP contribution in [0.3, 0.4) is 0 Å². The summed E-state index contributed by atoms with van der Waals surface area (Å²) in [6.45, 7) is 7.50. The monoisotopic (exact) mass is 491 g/mol. The van der Waals surface area contributed by atoms with Crippen LogP contribution in [0.1, 0.15) is 44.7 Å². The summed E-state index contributed by atoms with van der Waals surface area (Å²) in [5, 5.41) is 2.81. The highest BCUT2D eigenvalue weighted by Crippen LogP contribution is 2.20. The van der Waals surface area contributed by atoms with Crippen molar-refractivity contribution in [1.29, 1.82) is 0 Å². The number of amides is 2. The molecule has 186 valence electrons. The van der Waals surface area contributed by atoms with Crippen LogP contribution < -0.4 is 9.62 Å². The average molecular weight is 492 g/mol. The molecular weight excluding hydrogens is 457 g/mol. The number of carbonyl (C=O) groups excluding carboxylic acids is 2. The topological polar surface area (TPSA) is 86.8 Å². The maximum atomic E-state index is 13.3. The molecule has 34 heavy (non-hydrogen) atoms. The van der Waals surface area contributed by atoms with Gasteiger partial charge in [-0.1, -0.05) is 29.8 Å². The van der Waals surface area contributed by atoms with Gasteiger partial charge in [0.2, 0.25) is 21.8 Å². The van der Waals surface area contributed by atoms with E-state index in [4.69, 9.17) is 0 Å². The van der Waals surface area contributed by atoms with E-state index in [2.05, 4.69) is 5.32 Å². The number of hydrogen-bond donors (Lipinski definition) is 1. The molecule has 0 aliphatic carbocycles. The van der Waals surface area contributed by atoms with Crippen LogP contribution in [0.5, 0.6) is 0 Å². The van der Waals surface area contributed by atoms with Crippen LogP contribution in [-0.4, -0.2) is 50.0 Å². The van der Waals surface area contributed by atoms with Gasteiger partial charge in [-0.2, -0.15) is 0 Å². The smallest absolute Gasteiger partial charge is 0.242 e. The lowest BCUT2D eigenvalue weighted by molar-refractivity contribution is -0.140. The minimum atomic E-state index is -3.54. The van der Waals surface area contributed by atoms with Crippen LogP contribution >= 0.6 is 0 Å². The van der Waals surface area contributed by atoms with Crippen molar-refractivity contribution in [3.63, 3.8) is 0 Å². The second-order valence-electron chi connectivity index (χ2n) is 8.76. The minimum absolute atomic E-state index is 0.0539. The summed E-state index contributed by atoms with van der Waals surface area (Å²) in [6.07, 6.45) is 1.46. The lowest BCUT2D eigenvalue weighted by Crippen LogP contribution is -2.49. The molecule has 0 aromatic heterocycles. The second kappa shape index (κ2) is 12.0. The number of nitrogens with zero attached hydrogens (tertiary/aromatic N) is 2. The van der Waals surface area contributed by atoms with E-state index in [1.54, 1.807) is 31.2 Å². The maximum Gasteiger partial charge on any atom is 0.242 e. The molecule has 2 aromatic carbocycles. The summed E-state index contributed by atoms with van der Waals surface area (Å²) >= 11 is 0. The van der Waals surface area contributed by atoms with Gasteiger partial charge in [0.25, 0.3) is 0 Å². The highest BCUT2D eigenvalue weighted by molar-refractivity contribution is 7.92. The Balaban J connectivity index is 2.15. The molecule has 0 spiro atoms. The molecule has 0 aliphatic heterocycles. The largest absolute Gasteiger partial charge is 0.352 e. The standard InChI is InChI=1S/C25H34FN3O4S/c1-18(2)27-25(31)20(4)28(17-21-10-12-22(26)13-11-21)24(30)7-6-16-29(34(5,32)33)23-14-8-19(3)9-15-23/h8-15,18,20H,6-7,16-17H2,1-5H3,(H,27,31). The summed E-state index contributed by atoms with van der Waals surface area (Å²) in [4.78, 5) is 27.2. The Hall–Kier alpha value is -2.94. The van der Waals surface area contributed by atoms with E-state index >= 15 is 0 Å². The Labute approximate surface area is 202 Å². The number of benzene rings is 2. The van der Waals surface area contributed by atoms with Crippen LogP contribution in [-0.2, 0) is 26.2 Å². The molecule has 0 bridgehead atoms. The Bertz CT molecular complexity index is 1070. The Morgan fingerprint density at radius 1 is 1.00 bits per heavy atom. The fourth-order valence-corrected chi connectivity index (χ4v) is 4.45. The first kappa shape index (κ1) is 27.3. The number of anilines is 1. The molecule has 0 fully saturated rings. The summed E-state index contributed by atoms with van der Waals surface area (Å²) in [5.41, 5.74) is 2.24. The van der Waals surface area contributed by atoms with Crippen molar-refractivity contribution < 1.29 is 22.4 Å². The second-order valence-corrected chi connectivity index (χ2v) is 10.7. The highest BCUT2D eigenvalue weighted by atomic mass is 32.2. The molecule has 2 rings (SSSR count). The number of nitrogens with one attached hydrogen (secondary N) is 1. The van der Waals surface area contributed by atoms with Crippen molar-refractivity contribution in [2.24, 2.45) is 0 Å². The SMILES string of the molecule is Cc1ccc(N(CCCC(=O)N(Cc2ccc(F)cc2)C(C)C(=O)NC(C)C)S(C)(=O)=O)cc1. The number of hydrogen-bond acceptors (Lipinski definition) is 4. The molecule has 1 N–H and O–H groups in total. The van der Waals surface area contributed by atoms with Gasteiger partial charge in [0, 0.05) is 25.6 Å². The zero-order valence-electron chi connectivity index (χ0n) is 20.4. The molecule has 0 heterocycles. The quantitative estimate of drug-likeness (QED) is 0.520. The van der Waals surface area contributed by atoms with Crippen molar-refractivity contribution in [3.05, 3.63) is 65.5 Å². The van der Waals surface area contributed by atoms with Gasteiger partial charge in [-0.25, -0.2) is 12.8 Å². The fourth-order valence-electron chi connectivity index (χ4n) is 3.49. The molecule has 0 aliphatic rings. The van der Waals surface area contributed by atoms with E-state index in [1.807, 2.05) is 32.9 Å². The number of aryl methyl sites for hydroxylation is 1. The molecule has 2 aromatic rings. The van der Waals surface area contributed by atoms with E-state index < -0.39 is 16.1 Å². The van der Waals surface area contributed by atoms with Gasteiger partial charge >= 0.3 is 0 Å². The third kappa shape index (κ3) is 8.13. The number of halogens is 1. The minimum Gasteiger partial charge on any atom is -0.352 e. The van der Waals surface area contributed by atoms with Crippen molar-refractivity contribution in [2.45, 2.75) is 59.2 Å². The Kier molecular flexibility index (Phi) is 9.61. The van der Waals surface area contributed by atoms with Gasteiger partial charge in [0.05, 0.1) is 11.9 Å². The molecule has 0 saturated heterocycles. The molecule has 0 radical (unpaired) electrons. The molecule has 2 amide bonds. The van der Waals surface area contributed by atoms with Gasteiger partial charge in [0.1, 0.15) is 11.9 Å². The molecule has 1 atom stereocenters. The summed E-state index contributed by atoms with van der Waals surface area (Å²) in [7, 11) is -3.54. The summed E-state index contributed by atoms with van der Waals surface area (Å²) in [6, 6.07) is 12.1. The number of carbonyl (C=O) groups is 2. The van der Waals surface area contributed by atoms with Crippen molar-refractivity contribution in [1.82, 2.24) is 10.2 Å². The third-order valence-corrected chi connectivity index (χ3v) is 6.53. The zero-order chi connectivity index (χ0) is 25.5. The van der Waals surface area contributed by atoms with E-state index in [-0.39, 0.29) is 49.6 Å². The number of rotatable bonds is 11. The third-order valence-electron chi connectivity index (χ3n) is 5.34. The van der Waals surface area contributed by atoms with Crippen molar-refractivity contribution in [3.8, 4) is 0 Å². The van der Waals surface area contributed by atoms with Crippen LogP contribution in [0.4, 0.5) is 10.1 Å².